The molecule has 0 bridgehead atoms. The number of hydrogen-bond donors (Lipinski definition) is 1. The zero-order chi connectivity index (χ0) is 25.0. The fourth-order valence-corrected chi connectivity index (χ4v) is 3.84. The first-order valence-electron chi connectivity index (χ1n) is 11.6. The number of hydrogen-bond acceptors (Lipinski definition) is 5. The summed E-state index contributed by atoms with van der Waals surface area (Å²) in [6.07, 6.45) is 2.09. The smallest absolute Gasteiger partial charge is 0.255 e. The molecule has 35 heavy (non-hydrogen) atoms. The molecule has 0 saturated heterocycles. The summed E-state index contributed by atoms with van der Waals surface area (Å²) in [4.78, 5) is 26.4. The second-order valence-corrected chi connectivity index (χ2v) is 9.51. The highest BCUT2D eigenvalue weighted by molar-refractivity contribution is 6.05. The summed E-state index contributed by atoms with van der Waals surface area (Å²) in [6.45, 7) is 8.42. The van der Waals surface area contributed by atoms with Gasteiger partial charge in [0.05, 0.1) is 7.11 Å². The van der Waals surface area contributed by atoms with E-state index < -0.39 is 0 Å². The highest BCUT2D eigenvalue weighted by Gasteiger charge is 2.16. The summed E-state index contributed by atoms with van der Waals surface area (Å²) >= 11 is 0. The number of methoxy groups -OCH3 is 1. The monoisotopic (exact) mass is 466 g/mol. The fourth-order valence-electron chi connectivity index (χ4n) is 3.84. The second kappa shape index (κ2) is 10.1. The van der Waals surface area contributed by atoms with Crippen LogP contribution in [-0.4, -0.2) is 28.0 Å². The Labute approximate surface area is 206 Å². The van der Waals surface area contributed by atoms with E-state index in [2.05, 4.69) is 41.0 Å². The van der Waals surface area contributed by atoms with Crippen LogP contribution < -0.4 is 10.1 Å². The molecule has 0 fully saturated rings. The topological polar surface area (TPSA) is 77.0 Å². The molecular weight excluding hydrogens is 436 g/mol. The van der Waals surface area contributed by atoms with Crippen molar-refractivity contribution in [2.75, 3.05) is 12.4 Å². The normalized spacial score (nSPS) is 11.2. The molecule has 4 rings (SSSR count). The van der Waals surface area contributed by atoms with Gasteiger partial charge in [-0.15, -0.1) is 0 Å². The number of ether oxygens (including phenoxy) is 1. The molecule has 0 aliphatic heterocycles. The SMILES string of the molecule is COc1cccc(Cc2ncnc(-c3cccc(NC(=O)c4ccc(C(C)(C)C)cc4)c3C)n2)c1. The van der Waals surface area contributed by atoms with Crippen molar-refractivity contribution in [2.45, 2.75) is 39.5 Å². The molecule has 0 spiro atoms. The van der Waals surface area contributed by atoms with Crippen LogP contribution in [0.25, 0.3) is 11.4 Å². The minimum Gasteiger partial charge on any atom is -0.497 e. The van der Waals surface area contributed by atoms with Crippen molar-refractivity contribution in [3.8, 4) is 17.1 Å². The van der Waals surface area contributed by atoms with Gasteiger partial charge in [-0.3, -0.25) is 4.79 Å². The number of nitrogens with zero attached hydrogens (tertiary/aromatic N) is 3. The predicted molar refractivity (Wildman–Crippen MR) is 139 cm³/mol. The Hall–Kier alpha value is -4.06. The van der Waals surface area contributed by atoms with Crippen LogP contribution in [0.5, 0.6) is 5.75 Å². The molecule has 4 aromatic rings. The highest BCUT2D eigenvalue weighted by atomic mass is 16.5. The number of carbonyl (C=O) groups is 1. The average molecular weight is 467 g/mol. The van der Waals surface area contributed by atoms with E-state index in [1.54, 1.807) is 7.11 Å². The van der Waals surface area contributed by atoms with Crippen molar-refractivity contribution in [2.24, 2.45) is 0 Å². The third-order valence-electron chi connectivity index (χ3n) is 5.95. The Morgan fingerprint density at radius 1 is 0.971 bits per heavy atom. The molecule has 0 unspecified atom stereocenters. The van der Waals surface area contributed by atoms with Crippen molar-refractivity contribution < 1.29 is 9.53 Å². The van der Waals surface area contributed by atoms with Crippen molar-refractivity contribution in [1.82, 2.24) is 15.0 Å². The van der Waals surface area contributed by atoms with Crippen LogP contribution in [-0.2, 0) is 11.8 Å². The zero-order valence-corrected chi connectivity index (χ0v) is 20.8. The van der Waals surface area contributed by atoms with Gasteiger partial charge >= 0.3 is 0 Å². The maximum absolute atomic E-state index is 12.9. The predicted octanol–water partition coefficient (Wildman–Crippen LogP) is 6.00. The van der Waals surface area contributed by atoms with Crippen LogP contribution in [0.1, 0.15) is 53.6 Å². The molecule has 0 radical (unpaired) electrons. The number of rotatable bonds is 6. The molecule has 178 valence electrons. The fraction of sp³-hybridized carbons (Fsp3) is 0.241. The van der Waals surface area contributed by atoms with Crippen molar-refractivity contribution in [3.63, 3.8) is 0 Å². The van der Waals surface area contributed by atoms with Crippen LogP contribution >= 0.6 is 0 Å². The van der Waals surface area contributed by atoms with E-state index in [4.69, 9.17) is 4.74 Å². The Kier molecular flexibility index (Phi) is 6.92. The summed E-state index contributed by atoms with van der Waals surface area (Å²) in [7, 11) is 1.65. The van der Waals surface area contributed by atoms with Gasteiger partial charge in [0, 0.05) is 23.2 Å². The van der Waals surface area contributed by atoms with E-state index in [1.165, 1.54) is 11.9 Å². The number of aromatic nitrogens is 3. The van der Waals surface area contributed by atoms with Gasteiger partial charge in [-0.05, 0) is 59.4 Å². The largest absolute Gasteiger partial charge is 0.497 e. The van der Waals surface area contributed by atoms with Crippen molar-refractivity contribution in [3.05, 3.63) is 101 Å². The molecule has 0 atom stereocenters. The average Bonchev–Trinajstić information content (AvgIpc) is 2.85. The molecule has 0 saturated carbocycles. The number of nitrogens with one attached hydrogen (secondary N) is 1. The third-order valence-corrected chi connectivity index (χ3v) is 5.95. The van der Waals surface area contributed by atoms with Crippen molar-refractivity contribution >= 4 is 11.6 Å². The molecule has 1 heterocycles. The third kappa shape index (κ3) is 5.72. The molecule has 6 nitrogen and oxygen atoms in total. The van der Waals surface area contributed by atoms with Gasteiger partial charge < -0.3 is 10.1 Å². The van der Waals surface area contributed by atoms with E-state index in [9.17, 15) is 4.79 Å². The summed E-state index contributed by atoms with van der Waals surface area (Å²) in [5, 5.41) is 3.04. The van der Waals surface area contributed by atoms with Gasteiger partial charge in [-0.25, -0.2) is 15.0 Å². The van der Waals surface area contributed by atoms with E-state index in [1.807, 2.05) is 73.7 Å². The number of carbonyl (C=O) groups excluding carboxylic acids is 1. The zero-order valence-electron chi connectivity index (χ0n) is 20.8. The number of anilines is 1. The van der Waals surface area contributed by atoms with Crippen LogP contribution in [0, 0.1) is 6.92 Å². The maximum Gasteiger partial charge on any atom is 0.255 e. The maximum atomic E-state index is 12.9. The highest BCUT2D eigenvalue weighted by Crippen LogP contribution is 2.27. The first kappa shape index (κ1) is 24.1. The molecule has 0 aliphatic carbocycles. The van der Waals surface area contributed by atoms with E-state index in [-0.39, 0.29) is 11.3 Å². The standard InChI is InChI=1S/C29H30N4O2/c1-19-24(27-31-18-30-26(33-27)17-20-8-6-9-23(16-20)35-5)10-7-11-25(19)32-28(34)21-12-14-22(15-13-21)29(2,3)4/h6-16,18H,17H2,1-5H3,(H,32,34). The second-order valence-electron chi connectivity index (χ2n) is 9.51. The molecule has 1 N–H and O–H groups in total. The lowest BCUT2D eigenvalue weighted by Gasteiger charge is -2.19. The first-order chi connectivity index (χ1) is 16.7. The Morgan fingerprint density at radius 3 is 2.43 bits per heavy atom. The lowest BCUT2D eigenvalue weighted by molar-refractivity contribution is 0.102. The number of benzene rings is 3. The van der Waals surface area contributed by atoms with Crippen LogP contribution in [0.2, 0.25) is 0 Å². The molecular formula is C29H30N4O2. The lowest BCUT2D eigenvalue weighted by atomic mass is 9.86. The van der Waals surface area contributed by atoms with E-state index >= 15 is 0 Å². The number of amides is 1. The van der Waals surface area contributed by atoms with Gasteiger partial charge in [0.25, 0.3) is 5.91 Å². The molecule has 1 amide bonds. The Morgan fingerprint density at radius 2 is 1.71 bits per heavy atom. The van der Waals surface area contributed by atoms with E-state index in [0.717, 1.165) is 28.1 Å². The Bertz CT molecular complexity index is 1340. The van der Waals surface area contributed by atoms with Crippen LogP contribution in [0.4, 0.5) is 5.69 Å². The van der Waals surface area contributed by atoms with Gasteiger partial charge in [-0.1, -0.05) is 57.2 Å². The summed E-state index contributed by atoms with van der Waals surface area (Å²) in [5.74, 6) is 1.88. The summed E-state index contributed by atoms with van der Waals surface area (Å²) in [5.41, 5.74) is 5.36. The Balaban J connectivity index is 1.55. The van der Waals surface area contributed by atoms with Crippen LogP contribution in [0.15, 0.2) is 73.1 Å². The van der Waals surface area contributed by atoms with Crippen molar-refractivity contribution in [1.29, 1.82) is 0 Å². The van der Waals surface area contributed by atoms with Gasteiger partial charge in [-0.2, -0.15) is 0 Å². The minimum atomic E-state index is -0.153. The van der Waals surface area contributed by atoms with Gasteiger partial charge in [0.1, 0.15) is 17.9 Å². The lowest BCUT2D eigenvalue weighted by Crippen LogP contribution is -2.15. The summed E-state index contributed by atoms with van der Waals surface area (Å²) < 4.78 is 5.31. The van der Waals surface area contributed by atoms with Gasteiger partial charge in [0.2, 0.25) is 0 Å². The molecule has 6 heteroatoms. The quantitative estimate of drug-likeness (QED) is 0.377. The van der Waals surface area contributed by atoms with Gasteiger partial charge in [0.15, 0.2) is 5.82 Å². The molecule has 1 aromatic heterocycles. The molecule has 0 aliphatic rings. The minimum absolute atomic E-state index is 0.0376. The van der Waals surface area contributed by atoms with E-state index in [0.29, 0.717) is 23.6 Å². The summed E-state index contributed by atoms with van der Waals surface area (Å²) in [6, 6.07) is 21.3. The molecule has 3 aromatic carbocycles. The van der Waals surface area contributed by atoms with Crippen LogP contribution in [0.3, 0.4) is 0 Å². The first-order valence-corrected chi connectivity index (χ1v) is 11.6.